The van der Waals surface area contributed by atoms with Crippen LogP contribution in [0.25, 0.3) is 0 Å². The van der Waals surface area contributed by atoms with Gasteiger partial charge in [0.1, 0.15) is 0 Å². The molecule has 140 valence electrons. The second-order valence-electron chi connectivity index (χ2n) is 7.10. The Balaban J connectivity index is 2.22. The summed E-state index contributed by atoms with van der Waals surface area (Å²) in [6.45, 7) is 8.94. The van der Waals surface area contributed by atoms with Crippen LogP contribution in [0.2, 0.25) is 0 Å². The normalized spacial score (nSPS) is 10.8. The average molecular weight is 358 g/mol. The fourth-order valence-corrected chi connectivity index (χ4v) is 3.59. The number of aryl methyl sites for hydroxylation is 4. The van der Waals surface area contributed by atoms with Crippen molar-refractivity contribution >= 4 is 17.1 Å². The van der Waals surface area contributed by atoms with Crippen molar-refractivity contribution in [2.24, 2.45) is 0 Å². The fourth-order valence-electron chi connectivity index (χ4n) is 3.59. The van der Waals surface area contributed by atoms with Gasteiger partial charge in [-0.15, -0.1) is 0 Å². The Morgan fingerprint density at radius 2 is 0.852 bits per heavy atom. The van der Waals surface area contributed by atoms with E-state index in [0.29, 0.717) is 0 Å². The van der Waals surface area contributed by atoms with Gasteiger partial charge in [-0.3, -0.25) is 0 Å². The topological polar surface area (TPSA) is 3.24 Å². The van der Waals surface area contributed by atoms with Gasteiger partial charge >= 0.3 is 0 Å². The molecule has 27 heavy (non-hydrogen) atoms. The Labute approximate surface area is 164 Å². The number of hydrogen-bond donors (Lipinski definition) is 0. The highest BCUT2D eigenvalue weighted by Crippen LogP contribution is 2.36. The van der Waals surface area contributed by atoms with Gasteiger partial charge in [-0.25, -0.2) is 0 Å². The van der Waals surface area contributed by atoms with E-state index >= 15 is 0 Å². The lowest BCUT2D eigenvalue weighted by molar-refractivity contribution is 1.07. The van der Waals surface area contributed by atoms with Crippen molar-refractivity contribution < 1.29 is 0 Å². The van der Waals surface area contributed by atoms with Crippen LogP contribution < -0.4 is 4.90 Å². The standard InChI is InChI=1S/C26H31N/c1-5-20-14-21(6-2)17-25(16-20)27(24-12-10-9-11-13-24)26-18-22(7-3)15-23(8-4)19-26/h9-19H,5-8H2,1-4H3. The lowest BCUT2D eigenvalue weighted by Gasteiger charge is -2.27. The van der Waals surface area contributed by atoms with Gasteiger partial charge in [0.2, 0.25) is 0 Å². The van der Waals surface area contributed by atoms with E-state index < -0.39 is 0 Å². The second kappa shape index (κ2) is 8.90. The molecule has 3 aromatic carbocycles. The number of anilines is 3. The minimum atomic E-state index is 1.05. The maximum atomic E-state index is 2.41. The van der Waals surface area contributed by atoms with E-state index in [1.807, 2.05) is 0 Å². The Kier molecular flexibility index (Phi) is 6.34. The summed E-state index contributed by atoms with van der Waals surface area (Å²) in [4.78, 5) is 2.41. The third-order valence-electron chi connectivity index (χ3n) is 5.24. The highest BCUT2D eigenvalue weighted by Gasteiger charge is 2.15. The summed E-state index contributed by atoms with van der Waals surface area (Å²) in [7, 11) is 0. The van der Waals surface area contributed by atoms with Gasteiger partial charge in [0, 0.05) is 17.1 Å². The summed E-state index contributed by atoms with van der Waals surface area (Å²) in [5, 5.41) is 0. The Hall–Kier alpha value is -2.54. The van der Waals surface area contributed by atoms with Crippen LogP contribution in [-0.4, -0.2) is 0 Å². The van der Waals surface area contributed by atoms with E-state index in [1.165, 1.54) is 39.3 Å². The zero-order chi connectivity index (χ0) is 19.2. The molecule has 1 nitrogen and oxygen atoms in total. The molecular weight excluding hydrogens is 326 g/mol. The smallest absolute Gasteiger partial charge is 0.0467 e. The summed E-state index contributed by atoms with van der Waals surface area (Å²) in [6.07, 6.45) is 4.22. The van der Waals surface area contributed by atoms with Crippen LogP contribution in [0.15, 0.2) is 66.7 Å². The van der Waals surface area contributed by atoms with E-state index in [9.17, 15) is 0 Å². The first kappa shape index (κ1) is 19.2. The quantitative estimate of drug-likeness (QED) is 0.425. The average Bonchev–Trinajstić information content (AvgIpc) is 2.74. The molecule has 0 aromatic heterocycles. The fraction of sp³-hybridized carbons (Fsp3) is 0.308. The highest BCUT2D eigenvalue weighted by molar-refractivity contribution is 5.77. The summed E-state index contributed by atoms with van der Waals surface area (Å²) in [5.74, 6) is 0. The van der Waals surface area contributed by atoms with Crippen molar-refractivity contribution in [3.8, 4) is 0 Å². The summed E-state index contributed by atoms with van der Waals surface area (Å²) in [6, 6.07) is 24.8. The molecule has 0 saturated heterocycles. The van der Waals surface area contributed by atoms with Crippen LogP contribution in [-0.2, 0) is 25.7 Å². The number of nitrogens with zero attached hydrogens (tertiary/aromatic N) is 1. The molecule has 0 saturated carbocycles. The van der Waals surface area contributed by atoms with Crippen molar-refractivity contribution in [3.05, 3.63) is 89.0 Å². The number of hydrogen-bond acceptors (Lipinski definition) is 1. The van der Waals surface area contributed by atoms with Crippen LogP contribution in [0.5, 0.6) is 0 Å². The van der Waals surface area contributed by atoms with E-state index in [1.54, 1.807) is 0 Å². The lowest BCUT2D eigenvalue weighted by Crippen LogP contribution is -2.11. The minimum Gasteiger partial charge on any atom is -0.310 e. The first-order chi connectivity index (χ1) is 13.2. The molecule has 0 unspecified atom stereocenters. The first-order valence-corrected chi connectivity index (χ1v) is 10.3. The van der Waals surface area contributed by atoms with E-state index in [0.717, 1.165) is 25.7 Å². The van der Waals surface area contributed by atoms with E-state index in [4.69, 9.17) is 0 Å². The molecule has 3 rings (SSSR count). The third kappa shape index (κ3) is 4.42. The van der Waals surface area contributed by atoms with Crippen molar-refractivity contribution in [1.82, 2.24) is 0 Å². The molecule has 0 radical (unpaired) electrons. The van der Waals surface area contributed by atoms with Crippen LogP contribution in [0.4, 0.5) is 17.1 Å². The minimum absolute atomic E-state index is 1.05. The summed E-state index contributed by atoms with van der Waals surface area (Å²) >= 11 is 0. The van der Waals surface area contributed by atoms with Crippen LogP contribution in [0.3, 0.4) is 0 Å². The van der Waals surface area contributed by atoms with Gasteiger partial charge in [0.05, 0.1) is 0 Å². The lowest BCUT2D eigenvalue weighted by atomic mass is 10.0. The number of benzene rings is 3. The van der Waals surface area contributed by atoms with Crippen molar-refractivity contribution in [1.29, 1.82) is 0 Å². The third-order valence-corrected chi connectivity index (χ3v) is 5.24. The van der Waals surface area contributed by atoms with E-state index in [-0.39, 0.29) is 0 Å². The largest absolute Gasteiger partial charge is 0.310 e. The molecule has 0 spiro atoms. The van der Waals surface area contributed by atoms with Crippen molar-refractivity contribution in [2.45, 2.75) is 53.4 Å². The second-order valence-corrected chi connectivity index (χ2v) is 7.10. The Morgan fingerprint density at radius 1 is 0.481 bits per heavy atom. The predicted octanol–water partition coefficient (Wildman–Crippen LogP) is 7.41. The van der Waals surface area contributed by atoms with Crippen molar-refractivity contribution in [2.75, 3.05) is 4.90 Å². The summed E-state index contributed by atoms with van der Waals surface area (Å²) < 4.78 is 0. The highest BCUT2D eigenvalue weighted by atomic mass is 15.1. The van der Waals surface area contributed by atoms with Crippen molar-refractivity contribution in [3.63, 3.8) is 0 Å². The van der Waals surface area contributed by atoms with Crippen LogP contribution in [0, 0.1) is 0 Å². The van der Waals surface area contributed by atoms with Gasteiger partial charge in [-0.05, 0) is 84.3 Å². The van der Waals surface area contributed by atoms with Gasteiger partial charge < -0.3 is 4.90 Å². The molecule has 0 aliphatic rings. The van der Waals surface area contributed by atoms with Gasteiger partial charge in [-0.2, -0.15) is 0 Å². The zero-order valence-electron chi connectivity index (χ0n) is 17.1. The SMILES string of the molecule is CCc1cc(CC)cc(N(c2ccccc2)c2cc(CC)cc(CC)c2)c1. The maximum Gasteiger partial charge on any atom is 0.0467 e. The number of para-hydroxylation sites is 1. The first-order valence-electron chi connectivity index (χ1n) is 10.3. The maximum absolute atomic E-state index is 2.41. The van der Waals surface area contributed by atoms with Crippen LogP contribution >= 0.6 is 0 Å². The molecule has 0 N–H and O–H groups in total. The van der Waals surface area contributed by atoms with Gasteiger partial charge in [0.15, 0.2) is 0 Å². The molecule has 0 aliphatic carbocycles. The molecule has 0 heterocycles. The molecule has 0 fully saturated rings. The molecule has 3 aromatic rings. The molecule has 0 aliphatic heterocycles. The predicted molar refractivity (Wildman–Crippen MR) is 119 cm³/mol. The molecule has 1 heteroatoms. The molecule has 0 amide bonds. The monoisotopic (exact) mass is 357 g/mol. The zero-order valence-corrected chi connectivity index (χ0v) is 17.1. The van der Waals surface area contributed by atoms with E-state index in [2.05, 4.69) is 99.3 Å². The van der Waals surface area contributed by atoms with Gasteiger partial charge in [-0.1, -0.05) is 58.0 Å². The number of rotatable bonds is 7. The van der Waals surface area contributed by atoms with Gasteiger partial charge in [0.25, 0.3) is 0 Å². The van der Waals surface area contributed by atoms with Crippen LogP contribution in [0.1, 0.15) is 49.9 Å². The Morgan fingerprint density at radius 3 is 1.19 bits per heavy atom. The summed E-state index contributed by atoms with van der Waals surface area (Å²) in [5.41, 5.74) is 9.31. The Bertz CT molecular complexity index is 780. The molecular formula is C26H31N. The molecule has 0 bridgehead atoms. The molecule has 0 atom stereocenters.